The predicted molar refractivity (Wildman–Crippen MR) is 81.5 cm³/mol. The molecule has 2 heterocycles. The second-order valence-corrected chi connectivity index (χ2v) is 5.74. The van der Waals surface area contributed by atoms with E-state index in [1.165, 1.54) is 10.7 Å². The largest absolute Gasteiger partial charge is 0.381 e. The number of nitrogens with zero attached hydrogens (tertiary/aromatic N) is 3. The molecule has 1 unspecified atom stereocenters. The molecule has 2 aromatic rings. The Balaban J connectivity index is 1.93. The van der Waals surface area contributed by atoms with E-state index in [0.717, 1.165) is 19.4 Å². The number of ether oxygens (including phenoxy) is 1. The summed E-state index contributed by atoms with van der Waals surface area (Å²) < 4.78 is 21.1. The van der Waals surface area contributed by atoms with E-state index in [1.54, 1.807) is 18.2 Å². The summed E-state index contributed by atoms with van der Waals surface area (Å²) in [5.41, 5.74) is 5.54. The van der Waals surface area contributed by atoms with E-state index in [9.17, 15) is 9.18 Å². The van der Waals surface area contributed by atoms with Crippen molar-refractivity contribution < 1.29 is 13.9 Å². The van der Waals surface area contributed by atoms with Crippen molar-refractivity contribution >= 4 is 5.91 Å². The van der Waals surface area contributed by atoms with Crippen LogP contribution < -0.4 is 5.73 Å². The van der Waals surface area contributed by atoms with Crippen molar-refractivity contribution in [1.82, 2.24) is 14.8 Å². The highest BCUT2D eigenvalue weighted by Gasteiger charge is 2.21. The van der Waals surface area contributed by atoms with Crippen LogP contribution in [0.4, 0.5) is 4.39 Å². The summed E-state index contributed by atoms with van der Waals surface area (Å²) in [6.07, 6.45) is 2.61. The molecule has 1 fully saturated rings. The summed E-state index contributed by atoms with van der Waals surface area (Å²) in [5.74, 6) is 0.363. The number of rotatable bonds is 5. The van der Waals surface area contributed by atoms with E-state index in [-0.39, 0.29) is 12.2 Å². The number of carbonyl (C=O) groups excluding carboxylic acids is 1. The number of hydrogen-bond donors (Lipinski definition) is 1. The van der Waals surface area contributed by atoms with Gasteiger partial charge in [0.2, 0.25) is 5.91 Å². The molecule has 23 heavy (non-hydrogen) atoms. The van der Waals surface area contributed by atoms with Gasteiger partial charge in [-0.15, -0.1) is 0 Å². The van der Waals surface area contributed by atoms with Crippen molar-refractivity contribution in [3.8, 4) is 5.69 Å². The first kappa shape index (κ1) is 15.6. The molecule has 0 spiro atoms. The number of halogens is 1. The van der Waals surface area contributed by atoms with Gasteiger partial charge in [0.1, 0.15) is 17.3 Å². The van der Waals surface area contributed by atoms with Crippen LogP contribution in [-0.4, -0.2) is 33.9 Å². The number of hydrogen-bond acceptors (Lipinski definition) is 4. The maximum absolute atomic E-state index is 14.1. The van der Waals surface area contributed by atoms with Crippen LogP contribution >= 0.6 is 0 Å². The Morgan fingerprint density at radius 1 is 1.43 bits per heavy atom. The van der Waals surface area contributed by atoms with Gasteiger partial charge in [-0.1, -0.05) is 12.1 Å². The van der Waals surface area contributed by atoms with Gasteiger partial charge in [-0.3, -0.25) is 4.79 Å². The van der Waals surface area contributed by atoms with Crippen LogP contribution in [-0.2, 0) is 22.4 Å². The molecule has 0 radical (unpaired) electrons. The molecule has 0 saturated carbocycles. The molecule has 7 heteroatoms. The molecule has 1 saturated heterocycles. The lowest BCUT2D eigenvalue weighted by molar-refractivity contribution is -0.117. The Morgan fingerprint density at radius 2 is 2.26 bits per heavy atom. The molecule has 1 amide bonds. The van der Waals surface area contributed by atoms with E-state index < -0.39 is 5.91 Å². The van der Waals surface area contributed by atoms with Crippen LogP contribution in [0.1, 0.15) is 24.5 Å². The van der Waals surface area contributed by atoms with E-state index in [1.807, 2.05) is 0 Å². The average molecular weight is 318 g/mol. The molecule has 3 rings (SSSR count). The van der Waals surface area contributed by atoms with Gasteiger partial charge in [0.15, 0.2) is 5.82 Å². The van der Waals surface area contributed by atoms with E-state index in [0.29, 0.717) is 36.3 Å². The van der Waals surface area contributed by atoms with Gasteiger partial charge in [-0.25, -0.2) is 14.1 Å². The van der Waals surface area contributed by atoms with Crippen LogP contribution in [0, 0.1) is 11.7 Å². The minimum absolute atomic E-state index is 0.0599. The SMILES string of the molecule is NC(=O)Cc1nc(CC2CCCOC2)n(-c2ccccc2F)n1. The van der Waals surface area contributed by atoms with Crippen LogP contribution in [0.25, 0.3) is 5.69 Å². The number of aromatic nitrogens is 3. The summed E-state index contributed by atoms with van der Waals surface area (Å²) in [6, 6.07) is 6.37. The van der Waals surface area contributed by atoms with Crippen LogP contribution in [0.2, 0.25) is 0 Å². The van der Waals surface area contributed by atoms with Gasteiger partial charge >= 0.3 is 0 Å². The lowest BCUT2D eigenvalue weighted by atomic mass is 9.98. The number of primary amides is 1. The first-order valence-electron chi connectivity index (χ1n) is 7.69. The van der Waals surface area contributed by atoms with Gasteiger partial charge in [0, 0.05) is 19.6 Å². The lowest BCUT2D eigenvalue weighted by Gasteiger charge is -2.21. The highest BCUT2D eigenvalue weighted by Crippen LogP contribution is 2.21. The molecule has 1 aromatic carbocycles. The fourth-order valence-corrected chi connectivity index (χ4v) is 2.80. The van der Waals surface area contributed by atoms with Crippen LogP contribution in [0.15, 0.2) is 24.3 Å². The monoisotopic (exact) mass is 318 g/mol. The van der Waals surface area contributed by atoms with Gasteiger partial charge in [0.05, 0.1) is 6.42 Å². The minimum Gasteiger partial charge on any atom is -0.381 e. The van der Waals surface area contributed by atoms with Gasteiger partial charge in [-0.2, -0.15) is 5.10 Å². The van der Waals surface area contributed by atoms with Gasteiger partial charge in [0.25, 0.3) is 0 Å². The highest BCUT2D eigenvalue weighted by atomic mass is 19.1. The summed E-state index contributed by atoms with van der Waals surface area (Å²) >= 11 is 0. The number of benzene rings is 1. The van der Waals surface area contributed by atoms with E-state index in [2.05, 4.69) is 10.1 Å². The zero-order chi connectivity index (χ0) is 16.2. The van der Waals surface area contributed by atoms with Crippen LogP contribution in [0.3, 0.4) is 0 Å². The van der Waals surface area contributed by atoms with E-state index in [4.69, 9.17) is 10.5 Å². The van der Waals surface area contributed by atoms with Gasteiger partial charge < -0.3 is 10.5 Å². The molecule has 0 bridgehead atoms. The molecular weight excluding hydrogens is 299 g/mol. The summed E-state index contributed by atoms with van der Waals surface area (Å²) in [4.78, 5) is 15.5. The fraction of sp³-hybridized carbons (Fsp3) is 0.438. The quantitative estimate of drug-likeness (QED) is 0.903. The zero-order valence-corrected chi connectivity index (χ0v) is 12.7. The Hall–Kier alpha value is -2.28. The standard InChI is InChI=1S/C16H19FN4O2/c17-12-5-1-2-6-13(12)21-16(8-11-4-3-7-23-10-11)19-15(20-21)9-14(18)22/h1-2,5-6,11H,3-4,7-10H2,(H2,18,22). The molecule has 6 nitrogen and oxygen atoms in total. The molecule has 0 aliphatic carbocycles. The predicted octanol–water partition coefficient (Wildman–Crippen LogP) is 1.40. The first-order chi connectivity index (χ1) is 11.1. The average Bonchev–Trinajstić information content (AvgIpc) is 2.90. The maximum Gasteiger partial charge on any atom is 0.225 e. The molecule has 1 aliphatic heterocycles. The van der Waals surface area contributed by atoms with Crippen molar-refractivity contribution in [2.24, 2.45) is 11.7 Å². The molecule has 2 N–H and O–H groups in total. The third kappa shape index (κ3) is 3.73. The van der Waals surface area contributed by atoms with Gasteiger partial charge in [-0.05, 0) is 30.9 Å². The number of nitrogens with two attached hydrogens (primary N) is 1. The fourth-order valence-electron chi connectivity index (χ4n) is 2.80. The molecule has 122 valence electrons. The van der Waals surface area contributed by atoms with Crippen molar-refractivity contribution in [2.75, 3.05) is 13.2 Å². The second kappa shape index (κ2) is 6.87. The number of amides is 1. The first-order valence-corrected chi connectivity index (χ1v) is 7.69. The highest BCUT2D eigenvalue weighted by molar-refractivity contribution is 5.75. The van der Waals surface area contributed by atoms with E-state index >= 15 is 0 Å². The Labute approximate surface area is 133 Å². The molecule has 1 aromatic heterocycles. The third-order valence-corrected chi connectivity index (χ3v) is 3.86. The third-order valence-electron chi connectivity index (χ3n) is 3.86. The maximum atomic E-state index is 14.1. The summed E-state index contributed by atoms with van der Waals surface area (Å²) in [7, 11) is 0. The Kier molecular flexibility index (Phi) is 4.66. The van der Waals surface area contributed by atoms with Crippen molar-refractivity contribution in [2.45, 2.75) is 25.7 Å². The smallest absolute Gasteiger partial charge is 0.225 e. The normalized spacial score (nSPS) is 18.0. The molecule has 1 atom stereocenters. The zero-order valence-electron chi connectivity index (χ0n) is 12.7. The molecular formula is C16H19FN4O2. The number of carbonyl (C=O) groups is 1. The number of para-hydroxylation sites is 1. The topological polar surface area (TPSA) is 83.0 Å². The van der Waals surface area contributed by atoms with Crippen molar-refractivity contribution in [3.63, 3.8) is 0 Å². The Morgan fingerprint density at radius 3 is 2.96 bits per heavy atom. The summed E-state index contributed by atoms with van der Waals surface area (Å²) in [5, 5.41) is 4.27. The lowest BCUT2D eigenvalue weighted by Crippen LogP contribution is -2.21. The molecule has 1 aliphatic rings. The van der Waals surface area contributed by atoms with Crippen molar-refractivity contribution in [3.05, 3.63) is 41.7 Å². The summed E-state index contributed by atoms with van der Waals surface area (Å²) in [6.45, 7) is 1.44. The minimum atomic E-state index is -0.511. The second-order valence-electron chi connectivity index (χ2n) is 5.74. The van der Waals surface area contributed by atoms with Crippen molar-refractivity contribution in [1.29, 1.82) is 0 Å². The van der Waals surface area contributed by atoms with Crippen LogP contribution in [0.5, 0.6) is 0 Å². The Bertz CT molecular complexity index is 695.